The van der Waals surface area contributed by atoms with Crippen LogP contribution in [0.5, 0.6) is 0 Å². The van der Waals surface area contributed by atoms with Crippen molar-refractivity contribution in [1.29, 1.82) is 0 Å². The number of aromatic carboxylic acids is 1. The van der Waals surface area contributed by atoms with Gasteiger partial charge in [0.15, 0.2) is 0 Å². The monoisotopic (exact) mass is 369 g/mol. The second-order valence-electron chi connectivity index (χ2n) is 6.79. The number of pyridine rings is 1. The number of hydrogen-bond acceptors (Lipinski definition) is 4. The van der Waals surface area contributed by atoms with Gasteiger partial charge in [-0.1, -0.05) is 6.42 Å². The Bertz CT molecular complexity index is 896. The van der Waals surface area contributed by atoms with Crippen molar-refractivity contribution >= 4 is 17.6 Å². The standard InChI is InChI=1S/C20H23N3O4/c1-14-9-12-23(19(25)18(14)20(26)27)16-7-5-15(6-8-16)21-17(24)13-22-10-3-2-4-11-22/h5-9,12H,2-4,10-11,13H2,1H3,(H,21,24)(H,26,27). The number of piperidine rings is 1. The number of carbonyl (C=O) groups excluding carboxylic acids is 1. The lowest BCUT2D eigenvalue weighted by Gasteiger charge is -2.25. The normalized spacial score (nSPS) is 14.7. The summed E-state index contributed by atoms with van der Waals surface area (Å²) >= 11 is 0. The minimum absolute atomic E-state index is 0.0645. The van der Waals surface area contributed by atoms with E-state index in [2.05, 4.69) is 10.2 Å². The Balaban J connectivity index is 1.72. The molecule has 1 saturated heterocycles. The molecular weight excluding hydrogens is 346 g/mol. The van der Waals surface area contributed by atoms with Gasteiger partial charge in [-0.15, -0.1) is 0 Å². The number of carbonyl (C=O) groups is 2. The molecule has 2 N–H and O–H groups in total. The summed E-state index contributed by atoms with van der Waals surface area (Å²) in [6, 6.07) is 8.36. The van der Waals surface area contributed by atoms with E-state index in [0.29, 0.717) is 23.5 Å². The van der Waals surface area contributed by atoms with Crippen LogP contribution in [0.2, 0.25) is 0 Å². The minimum atomic E-state index is -1.24. The summed E-state index contributed by atoms with van der Waals surface area (Å²) in [5, 5.41) is 12.1. The van der Waals surface area contributed by atoms with Gasteiger partial charge in [0.05, 0.1) is 6.54 Å². The van der Waals surface area contributed by atoms with Crippen LogP contribution < -0.4 is 10.9 Å². The molecule has 0 saturated carbocycles. The van der Waals surface area contributed by atoms with Gasteiger partial charge in [0.2, 0.25) is 5.91 Å². The van der Waals surface area contributed by atoms with E-state index in [0.717, 1.165) is 25.9 Å². The summed E-state index contributed by atoms with van der Waals surface area (Å²) < 4.78 is 1.29. The highest BCUT2D eigenvalue weighted by Gasteiger charge is 2.16. The van der Waals surface area contributed by atoms with Crippen LogP contribution in [0.1, 0.15) is 35.2 Å². The first kappa shape index (κ1) is 18.8. The van der Waals surface area contributed by atoms with Crippen molar-refractivity contribution in [3.63, 3.8) is 0 Å². The summed E-state index contributed by atoms with van der Waals surface area (Å²) in [5.74, 6) is -1.31. The number of nitrogens with one attached hydrogen (secondary N) is 1. The topological polar surface area (TPSA) is 91.6 Å². The van der Waals surface area contributed by atoms with Gasteiger partial charge in [-0.2, -0.15) is 0 Å². The van der Waals surface area contributed by atoms with Gasteiger partial charge in [-0.25, -0.2) is 4.79 Å². The Labute approximate surface area is 157 Å². The van der Waals surface area contributed by atoms with Crippen LogP contribution in [-0.4, -0.2) is 46.1 Å². The Morgan fingerprint density at radius 2 is 1.74 bits per heavy atom. The average molecular weight is 369 g/mol. The molecule has 0 radical (unpaired) electrons. The molecule has 142 valence electrons. The third-order valence-corrected chi connectivity index (χ3v) is 4.76. The van der Waals surface area contributed by atoms with Gasteiger partial charge < -0.3 is 10.4 Å². The van der Waals surface area contributed by atoms with Crippen LogP contribution >= 0.6 is 0 Å². The van der Waals surface area contributed by atoms with Crippen LogP contribution in [-0.2, 0) is 4.79 Å². The van der Waals surface area contributed by atoms with Gasteiger partial charge in [-0.05, 0) is 68.8 Å². The number of amides is 1. The predicted molar refractivity (Wildman–Crippen MR) is 103 cm³/mol. The number of likely N-dealkylation sites (tertiary alicyclic amines) is 1. The average Bonchev–Trinajstić information content (AvgIpc) is 2.63. The Kier molecular flexibility index (Phi) is 5.71. The molecule has 0 unspecified atom stereocenters. The molecule has 1 aliphatic rings. The second kappa shape index (κ2) is 8.18. The lowest BCUT2D eigenvalue weighted by Crippen LogP contribution is -2.36. The molecule has 1 aromatic carbocycles. The predicted octanol–water partition coefficient (Wildman–Crippen LogP) is 2.27. The van der Waals surface area contributed by atoms with Gasteiger partial charge in [0.25, 0.3) is 5.56 Å². The third-order valence-electron chi connectivity index (χ3n) is 4.76. The number of carboxylic acid groups (broad SMARTS) is 1. The molecule has 1 fully saturated rings. The molecular formula is C20H23N3O4. The van der Waals surface area contributed by atoms with Gasteiger partial charge in [-0.3, -0.25) is 19.1 Å². The van der Waals surface area contributed by atoms with Crippen LogP contribution in [0.15, 0.2) is 41.3 Å². The van der Waals surface area contributed by atoms with E-state index in [1.54, 1.807) is 43.5 Å². The summed E-state index contributed by atoms with van der Waals surface area (Å²) in [5.41, 5.74) is 0.780. The molecule has 0 aliphatic carbocycles. The van der Waals surface area contributed by atoms with Crippen molar-refractivity contribution in [2.24, 2.45) is 0 Å². The maximum absolute atomic E-state index is 12.4. The van der Waals surface area contributed by atoms with Crippen LogP contribution in [0.3, 0.4) is 0 Å². The van der Waals surface area contributed by atoms with E-state index in [1.807, 2.05) is 0 Å². The molecule has 1 aliphatic heterocycles. The summed E-state index contributed by atoms with van der Waals surface area (Å²) in [7, 11) is 0. The fourth-order valence-corrected chi connectivity index (χ4v) is 3.32. The van der Waals surface area contributed by atoms with Gasteiger partial charge in [0.1, 0.15) is 5.56 Å². The van der Waals surface area contributed by atoms with Crippen LogP contribution in [0.25, 0.3) is 5.69 Å². The first-order chi connectivity index (χ1) is 13.0. The minimum Gasteiger partial charge on any atom is -0.477 e. The molecule has 1 aromatic heterocycles. The lowest BCUT2D eigenvalue weighted by atomic mass is 10.1. The molecule has 0 atom stereocenters. The zero-order valence-electron chi connectivity index (χ0n) is 15.3. The summed E-state index contributed by atoms with van der Waals surface area (Å²) in [6.45, 7) is 3.88. The van der Waals surface area contributed by atoms with Crippen molar-refractivity contribution in [1.82, 2.24) is 9.47 Å². The molecule has 1 amide bonds. The maximum atomic E-state index is 12.4. The smallest absolute Gasteiger partial charge is 0.341 e. The number of benzene rings is 1. The number of rotatable bonds is 5. The third kappa shape index (κ3) is 4.43. The van der Waals surface area contributed by atoms with Crippen LogP contribution in [0, 0.1) is 6.92 Å². The molecule has 7 heteroatoms. The highest BCUT2D eigenvalue weighted by molar-refractivity contribution is 5.92. The molecule has 3 rings (SSSR count). The van der Waals surface area contributed by atoms with Crippen molar-refractivity contribution < 1.29 is 14.7 Å². The van der Waals surface area contributed by atoms with E-state index < -0.39 is 11.5 Å². The highest BCUT2D eigenvalue weighted by atomic mass is 16.4. The van der Waals surface area contributed by atoms with E-state index in [1.165, 1.54) is 11.0 Å². The quantitative estimate of drug-likeness (QED) is 0.844. The molecule has 2 heterocycles. The number of nitrogens with zero attached hydrogens (tertiary/aromatic N) is 2. The highest BCUT2D eigenvalue weighted by Crippen LogP contribution is 2.14. The summed E-state index contributed by atoms with van der Waals surface area (Å²) in [6.07, 6.45) is 5.03. The summed E-state index contributed by atoms with van der Waals surface area (Å²) in [4.78, 5) is 38.0. The first-order valence-electron chi connectivity index (χ1n) is 9.04. The molecule has 2 aromatic rings. The number of aromatic nitrogens is 1. The van der Waals surface area contributed by atoms with Gasteiger partial charge >= 0.3 is 5.97 Å². The van der Waals surface area contributed by atoms with Crippen molar-refractivity contribution in [3.05, 3.63) is 58.0 Å². The SMILES string of the molecule is Cc1ccn(-c2ccc(NC(=O)CN3CCCCC3)cc2)c(=O)c1C(=O)O. The fourth-order valence-electron chi connectivity index (χ4n) is 3.32. The Morgan fingerprint density at radius 1 is 1.07 bits per heavy atom. The number of aryl methyl sites for hydroxylation is 1. The zero-order valence-corrected chi connectivity index (χ0v) is 15.3. The van der Waals surface area contributed by atoms with Crippen molar-refractivity contribution in [2.75, 3.05) is 25.0 Å². The largest absolute Gasteiger partial charge is 0.477 e. The van der Waals surface area contributed by atoms with E-state index >= 15 is 0 Å². The van der Waals surface area contributed by atoms with E-state index in [-0.39, 0.29) is 11.5 Å². The maximum Gasteiger partial charge on any atom is 0.341 e. The van der Waals surface area contributed by atoms with Crippen LogP contribution in [0.4, 0.5) is 5.69 Å². The van der Waals surface area contributed by atoms with Crippen molar-refractivity contribution in [2.45, 2.75) is 26.2 Å². The van der Waals surface area contributed by atoms with Gasteiger partial charge in [0, 0.05) is 17.6 Å². The lowest BCUT2D eigenvalue weighted by molar-refractivity contribution is -0.117. The number of anilines is 1. The Hall–Kier alpha value is -2.93. The fraction of sp³-hybridized carbons (Fsp3) is 0.350. The molecule has 0 spiro atoms. The number of hydrogen-bond donors (Lipinski definition) is 2. The van der Waals surface area contributed by atoms with E-state index in [9.17, 15) is 19.5 Å². The molecule has 0 bridgehead atoms. The zero-order chi connectivity index (χ0) is 19.4. The van der Waals surface area contributed by atoms with E-state index in [4.69, 9.17) is 0 Å². The first-order valence-corrected chi connectivity index (χ1v) is 9.04. The number of carboxylic acids is 1. The molecule has 7 nitrogen and oxygen atoms in total. The van der Waals surface area contributed by atoms with Crippen molar-refractivity contribution in [3.8, 4) is 5.69 Å². The molecule has 27 heavy (non-hydrogen) atoms. The Morgan fingerprint density at radius 3 is 2.37 bits per heavy atom. The second-order valence-corrected chi connectivity index (χ2v) is 6.79.